The van der Waals surface area contributed by atoms with Crippen LogP contribution in [-0.2, 0) is 4.79 Å². The van der Waals surface area contributed by atoms with E-state index in [0.29, 0.717) is 6.42 Å². The third-order valence-electron chi connectivity index (χ3n) is 7.55. The van der Waals surface area contributed by atoms with Crippen LogP contribution in [0.4, 0.5) is 0 Å². The molecule has 3 N–H and O–H groups in total. The summed E-state index contributed by atoms with van der Waals surface area (Å²) >= 11 is 0. The van der Waals surface area contributed by atoms with Crippen LogP contribution in [0, 0.1) is 0 Å². The molecule has 0 radical (unpaired) electrons. The fourth-order valence-electron chi connectivity index (χ4n) is 4.72. The van der Waals surface area contributed by atoms with Crippen molar-refractivity contribution in [3.8, 4) is 0 Å². The highest BCUT2D eigenvalue weighted by Crippen LogP contribution is 2.08. The van der Waals surface area contributed by atoms with Gasteiger partial charge in [-0.05, 0) is 83.5 Å². The number of carbonyl (C=O) groups is 1. The molecule has 4 nitrogen and oxygen atoms in total. The maximum atomic E-state index is 12.3. The number of allylic oxidation sites excluding steroid dienone is 15. The van der Waals surface area contributed by atoms with E-state index in [1.807, 2.05) is 6.08 Å². The highest BCUT2D eigenvalue weighted by atomic mass is 16.3. The average molecular weight is 636 g/mol. The fourth-order valence-corrected chi connectivity index (χ4v) is 4.72. The van der Waals surface area contributed by atoms with E-state index in [4.69, 9.17) is 0 Å². The zero-order valence-electron chi connectivity index (χ0n) is 29.5. The zero-order chi connectivity index (χ0) is 33.6. The van der Waals surface area contributed by atoms with E-state index in [-0.39, 0.29) is 12.5 Å². The van der Waals surface area contributed by atoms with Crippen molar-refractivity contribution >= 4 is 5.91 Å². The number of hydrogen-bond acceptors (Lipinski definition) is 3. The van der Waals surface area contributed by atoms with Crippen molar-refractivity contribution in [2.24, 2.45) is 0 Å². The smallest absolute Gasteiger partial charge is 0.220 e. The van der Waals surface area contributed by atoms with Gasteiger partial charge in [0.2, 0.25) is 5.91 Å². The molecule has 0 bridgehead atoms. The largest absolute Gasteiger partial charge is 0.394 e. The topological polar surface area (TPSA) is 69.6 Å². The molecule has 2 unspecified atom stereocenters. The van der Waals surface area contributed by atoms with Gasteiger partial charge in [0.25, 0.3) is 0 Å². The van der Waals surface area contributed by atoms with Gasteiger partial charge in [0.05, 0.1) is 18.8 Å². The highest BCUT2D eigenvalue weighted by molar-refractivity contribution is 5.76. The van der Waals surface area contributed by atoms with Gasteiger partial charge in [0.15, 0.2) is 0 Å². The number of hydrogen-bond donors (Lipinski definition) is 3. The first-order valence-corrected chi connectivity index (χ1v) is 18.5. The van der Waals surface area contributed by atoms with Crippen molar-refractivity contribution in [3.05, 3.63) is 97.2 Å². The molecular formula is C42H69NO3. The first kappa shape index (κ1) is 43.3. The summed E-state index contributed by atoms with van der Waals surface area (Å²) in [5, 5.41) is 22.8. The Morgan fingerprint density at radius 2 is 0.978 bits per heavy atom. The normalized spacial score (nSPS) is 14.3. The molecule has 0 heterocycles. The Hall–Kier alpha value is -2.69. The summed E-state index contributed by atoms with van der Waals surface area (Å²) in [6.07, 6.45) is 54.9. The molecule has 0 spiro atoms. The quantitative estimate of drug-likeness (QED) is 0.0524. The minimum absolute atomic E-state index is 0.106. The summed E-state index contributed by atoms with van der Waals surface area (Å²) in [5.74, 6) is -0.106. The summed E-state index contributed by atoms with van der Waals surface area (Å²) in [6, 6.07) is -0.657. The number of rotatable bonds is 31. The number of carbonyl (C=O) groups excluding carboxylic acids is 1. The van der Waals surface area contributed by atoms with Crippen LogP contribution in [-0.4, -0.2) is 34.9 Å². The van der Waals surface area contributed by atoms with E-state index in [1.54, 1.807) is 6.08 Å². The van der Waals surface area contributed by atoms with Gasteiger partial charge in [-0.25, -0.2) is 0 Å². The lowest BCUT2D eigenvalue weighted by molar-refractivity contribution is -0.123. The summed E-state index contributed by atoms with van der Waals surface area (Å²) in [7, 11) is 0. The van der Waals surface area contributed by atoms with Gasteiger partial charge in [0.1, 0.15) is 0 Å². The van der Waals surface area contributed by atoms with E-state index >= 15 is 0 Å². The van der Waals surface area contributed by atoms with Gasteiger partial charge in [-0.15, -0.1) is 0 Å². The summed E-state index contributed by atoms with van der Waals surface area (Å²) in [4.78, 5) is 12.3. The van der Waals surface area contributed by atoms with Gasteiger partial charge >= 0.3 is 0 Å². The van der Waals surface area contributed by atoms with Crippen LogP contribution in [0.15, 0.2) is 97.2 Å². The first-order valence-electron chi connectivity index (χ1n) is 18.5. The Balaban J connectivity index is 3.78. The van der Waals surface area contributed by atoms with Gasteiger partial charge < -0.3 is 15.5 Å². The molecule has 2 atom stereocenters. The number of aliphatic hydroxyl groups excluding tert-OH is 2. The molecular weight excluding hydrogens is 566 g/mol. The van der Waals surface area contributed by atoms with Crippen molar-refractivity contribution in [2.75, 3.05) is 6.61 Å². The maximum absolute atomic E-state index is 12.3. The molecule has 0 rings (SSSR count). The monoisotopic (exact) mass is 636 g/mol. The number of aliphatic hydroxyl groups is 2. The number of nitrogens with one attached hydrogen (secondary N) is 1. The lowest BCUT2D eigenvalue weighted by atomic mass is 10.1. The predicted octanol–water partition coefficient (Wildman–Crippen LogP) is 11.1. The predicted molar refractivity (Wildman–Crippen MR) is 202 cm³/mol. The van der Waals surface area contributed by atoms with Crippen molar-refractivity contribution in [3.63, 3.8) is 0 Å². The van der Waals surface area contributed by atoms with Gasteiger partial charge in [-0.3, -0.25) is 4.79 Å². The molecule has 0 aliphatic heterocycles. The van der Waals surface area contributed by atoms with E-state index in [2.05, 4.69) is 104 Å². The molecule has 0 fully saturated rings. The average Bonchev–Trinajstić information content (AvgIpc) is 3.06. The minimum Gasteiger partial charge on any atom is -0.394 e. The van der Waals surface area contributed by atoms with Crippen molar-refractivity contribution < 1.29 is 15.0 Å². The summed E-state index contributed by atoms with van der Waals surface area (Å²) in [5.41, 5.74) is 0. The van der Waals surface area contributed by atoms with Crippen LogP contribution < -0.4 is 5.32 Å². The molecule has 1 amide bonds. The second-order valence-electron chi connectivity index (χ2n) is 11.9. The van der Waals surface area contributed by atoms with E-state index in [9.17, 15) is 15.0 Å². The number of amides is 1. The lowest BCUT2D eigenvalue weighted by Crippen LogP contribution is -2.45. The highest BCUT2D eigenvalue weighted by Gasteiger charge is 2.17. The third kappa shape index (κ3) is 32.7. The standard InChI is InChI=1S/C42H69NO3/c1-3-5-7-9-11-13-15-16-17-18-19-20-21-22-23-24-25-26-28-30-32-34-36-38-42(46)43-40(39-44)41(45)37-35-33-31-29-27-14-12-10-8-6-4-2/h5,7,11,13,16-17,19-20,22-23,25-27,29,35,37,40-41,44-45H,3-4,6,8-10,12,14-15,18,21,24,28,30-34,36,38-39H2,1-2H3,(H,43,46)/b7-5-,13-11-,17-16-,20-19-,23-22-,26-25-,29-27+,37-35+. The third-order valence-corrected chi connectivity index (χ3v) is 7.55. The molecule has 0 aliphatic carbocycles. The maximum Gasteiger partial charge on any atom is 0.220 e. The minimum atomic E-state index is -0.877. The van der Waals surface area contributed by atoms with Crippen molar-refractivity contribution in [2.45, 2.75) is 154 Å². The van der Waals surface area contributed by atoms with Gasteiger partial charge in [-0.1, -0.05) is 150 Å². The van der Waals surface area contributed by atoms with Crippen LogP contribution in [0.2, 0.25) is 0 Å². The van der Waals surface area contributed by atoms with E-state index in [1.165, 1.54) is 32.1 Å². The van der Waals surface area contributed by atoms with Crippen molar-refractivity contribution in [1.29, 1.82) is 0 Å². The first-order chi connectivity index (χ1) is 22.7. The Morgan fingerprint density at radius 3 is 1.50 bits per heavy atom. The van der Waals surface area contributed by atoms with Crippen LogP contribution in [0.3, 0.4) is 0 Å². The van der Waals surface area contributed by atoms with Gasteiger partial charge in [0, 0.05) is 6.42 Å². The lowest BCUT2D eigenvalue weighted by Gasteiger charge is -2.19. The second kappa shape index (κ2) is 36.8. The summed E-state index contributed by atoms with van der Waals surface area (Å²) in [6.45, 7) is 4.12. The van der Waals surface area contributed by atoms with E-state index < -0.39 is 12.1 Å². The molecule has 260 valence electrons. The van der Waals surface area contributed by atoms with Crippen LogP contribution in [0.25, 0.3) is 0 Å². The molecule has 0 aromatic heterocycles. The Morgan fingerprint density at radius 1 is 0.543 bits per heavy atom. The molecule has 0 aromatic carbocycles. The molecule has 46 heavy (non-hydrogen) atoms. The second-order valence-corrected chi connectivity index (χ2v) is 11.9. The Bertz CT molecular complexity index is 906. The fraction of sp³-hybridized carbons (Fsp3) is 0.595. The molecule has 0 aromatic rings. The van der Waals surface area contributed by atoms with E-state index in [0.717, 1.165) is 89.9 Å². The SMILES string of the molecule is CC/C=C\C/C=C\C/C=C\C/C=C\C/C=C\C/C=C\CCCCCCC(=O)NC(CO)C(O)/C=C/CC/C=C/CCCCCCC. The Kier molecular flexibility index (Phi) is 34.6. The van der Waals surface area contributed by atoms with Gasteiger partial charge in [-0.2, -0.15) is 0 Å². The Labute approximate surface area is 283 Å². The van der Waals surface area contributed by atoms with Crippen LogP contribution >= 0.6 is 0 Å². The molecule has 4 heteroatoms. The zero-order valence-corrected chi connectivity index (χ0v) is 29.5. The molecule has 0 saturated carbocycles. The molecule has 0 aliphatic rings. The van der Waals surface area contributed by atoms with Crippen LogP contribution in [0.1, 0.15) is 142 Å². The van der Waals surface area contributed by atoms with Crippen molar-refractivity contribution in [1.82, 2.24) is 5.32 Å². The summed E-state index contributed by atoms with van der Waals surface area (Å²) < 4.78 is 0. The number of unbranched alkanes of at least 4 members (excludes halogenated alkanes) is 10. The van der Waals surface area contributed by atoms with Crippen LogP contribution in [0.5, 0.6) is 0 Å². The molecule has 0 saturated heterocycles.